The predicted octanol–water partition coefficient (Wildman–Crippen LogP) is 0.251. The molecule has 1 unspecified atom stereocenters. The number of rotatable bonds is 8. The highest BCUT2D eigenvalue weighted by atomic mass is 16.6. The fourth-order valence-corrected chi connectivity index (χ4v) is 1.28. The zero-order valence-electron chi connectivity index (χ0n) is 10.1. The summed E-state index contributed by atoms with van der Waals surface area (Å²) in [5.41, 5.74) is 8.21. The Morgan fingerprint density at radius 2 is 2.12 bits per heavy atom. The molecule has 0 heterocycles. The summed E-state index contributed by atoms with van der Waals surface area (Å²) >= 11 is 0. The maximum atomic E-state index is 10.6. The zero-order chi connectivity index (χ0) is 13.3. The van der Waals surface area contributed by atoms with Gasteiger partial charge in [0.2, 0.25) is 0 Å². The molecule has 0 aliphatic carbocycles. The van der Waals surface area contributed by atoms with Crippen molar-refractivity contribution in [1.82, 2.24) is 0 Å². The number of hydrogen-bond acceptors (Lipinski definition) is 6. The third-order valence-corrected chi connectivity index (χ3v) is 2.10. The highest BCUT2D eigenvalue weighted by Gasteiger charge is 2.28. The molecule has 0 amide bonds. The van der Waals surface area contributed by atoms with Gasteiger partial charge in [0.05, 0.1) is 12.6 Å². The first-order valence-corrected chi connectivity index (χ1v) is 4.94. The van der Waals surface area contributed by atoms with E-state index in [2.05, 4.69) is 14.8 Å². The van der Waals surface area contributed by atoms with Crippen LogP contribution in [0.2, 0.25) is 0 Å². The molecule has 0 aromatic rings. The molecule has 0 aliphatic heterocycles. The Labute approximate surface area is 99.1 Å². The van der Waals surface area contributed by atoms with Crippen LogP contribution in [0.4, 0.5) is 0 Å². The molecular formula is C9H17N3O5. The first-order chi connectivity index (χ1) is 8.06. The fraction of sp³-hybridized carbons (Fsp3) is 0.889. The van der Waals surface area contributed by atoms with Gasteiger partial charge in [0.15, 0.2) is 0 Å². The number of nitrogens with zero attached hydrogens (tertiary/aromatic N) is 3. The van der Waals surface area contributed by atoms with Crippen LogP contribution in [-0.4, -0.2) is 56.8 Å². The molecule has 0 fully saturated rings. The van der Waals surface area contributed by atoms with Gasteiger partial charge in [0.25, 0.3) is 0 Å². The number of azide groups is 1. The van der Waals surface area contributed by atoms with Crippen molar-refractivity contribution in [3.8, 4) is 0 Å². The molecule has 0 saturated heterocycles. The number of aliphatic hydroxyl groups is 1. The molecule has 17 heavy (non-hydrogen) atoms. The fourth-order valence-electron chi connectivity index (χ4n) is 1.28. The minimum absolute atomic E-state index is 0.0165. The van der Waals surface area contributed by atoms with E-state index in [0.717, 1.165) is 0 Å². The van der Waals surface area contributed by atoms with Gasteiger partial charge in [-0.2, -0.15) is 0 Å². The Hall–Kier alpha value is -1.34. The molecule has 3 atom stereocenters. The minimum Gasteiger partial charge on any atom is -0.463 e. The highest BCUT2D eigenvalue weighted by molar-refractivity contribution is 5.65. The lowest BCUT2D eigenvalue weighted by molar-refractivity contribution is -0.151. The van der Waals surface area contributed by atoms with Gasteiger partial charge in [-0.1, -0.05) is 5.11 Å². The molecule has 0 rings (SSSR count). The molecule has 8 heteroatoms. The van der Waals surface area contributed by atoms with Crippen LogP contribution in [0, 0.1) is 0 Å². The van der Waals surface area contributed by atoms with Crippen molar-refractivity contribution in [2.24, 2.45) is 5.11 Å². The average Bonchev–Trinajstić information content (AvgIpc) is 2.31. The first kappa shape index (κ1) is 15.7. The quantitative estimate of drug-likeness (QED) is 0.286. The monoisotopic (exact) mass is 247 g/mol. The van der Waals surface area contributed by atoms with Crippen LogP contribution in [0.15, 0.2) is 5.11 Å². The van der Waals surface area contributed by atoms with Crippen molar-refractivity contribution in [3.05, 3.63) is 10.4 Å². The smallest absolute Gasteiger partial charge is 0.302 e. The maximum Gasteiger partial charge on any atom is 0.302 e. The zero-order valence-corrected chi connectivity index (χ0v) is 10.1. The molecule has 0 saturated carbocycles. The van der Waals surface area contributed by atoms with Crippen molar-refractivity contribution in [2.45, 2.75) is 25.2 Å². The Morgan fingerprint density at radius 1 is 1.47 bits per heavy atom. The summed E-state index contributed by atoms with van der Waals surface area (Å²) in [6.45, 7) is 1.05. The number of carbonyl (C=O) groups is 1. The number of esters is 1. The molecule has 98 valence electrons. The molecule has 0 spiro atoms. The molecule has 0 bridgehead atoms. The molecule has 0 radical (unpaired) electrons. The molecule has 0 aliphatic rings. The molecule has 1 N–H and O–H groups in total. The van der Waals surface area contributed by atoms with Crippen LogP contribution in [0.1, 0.15) is 6.92 Å². The topological polar surface area (TPSA) is 114 Å². The summed E-state index contributed by atoms with van der Waals surface area (Å²) in [6.07, 6.45) is -2.41. The van der Waals surface area contributed by atoms with Crippen LogP contribution < -0.4 is 0 Å². The normalized spacial score (nSPS) is 15.5. The van der Waals surface area contributed by atoms with Gasteiger partial charge < -0.3 is 19.3 Å². The second-order valence-corrected chi connectivity index (χ2v) is 3.26. The van der Waals surface area contributed by atoms with E-state index < -0.39 is 24.3 Å². The molecule has 0 aromatic carbocycles. The molecular weight excluding hydrogens is 230 g/mol. The number of hydrogen-bond donors (Lipinski definition) is 1. The van der Waals surface area contributed by atoms with Crippen LogP contribution in [-0.2, 0) is 19.0 Å². The van der Waals surface area contributed by atoms with E-state index in [4.69, 9.17) is 15.0 Å². The SMILES string of the molecule is CO[C@H](C(O)COC(C)=O)[C@@H](CN=[N+]=[N-])OC. The first-order valence-electron chi connectivity index (χ1n) is 4.94. The lowest BCUT2D eigenvalue weighted by Gasteiger charge is -2.27. The van der Waals surface area contributed by atoms with E-state index in [1.807, 2.05) is 0 Å². The van der Waals surface area contributed by atoms with Crippen molar-refractivity contribution >= 4 is 5.97 Å². The summed E-state index contributed by atoms with van der Waals surface area (Å²) in [7, 11) is 2.78. The Kier molecular flexibility index (Phi) is 8.08. The van der Waals surface area contributed by atoms with Gasteiger partial charge in [-0.15, -0.1) is 0 Å². The van der Waals surface area contributed by atoms with Gasteiger partial charge in [0.1, 0.15) is 18.8 Å². The maximum absolute atomic E-state index is 10.6. The second kappa shape index (κ2) is 8.77. The number of methoxy groups -OCH3 is 2. The van der Waals surface area contributed by atoms with Crippen LogP contribution in [0.5, 0.6) is 0 Å². The van der Waals surface area contributed by atoms with Gasteiger partial charge in [0, 0.05) is 26.1 Å². The average molecular weight is 247 g/mol. The predicted molar refractivity (Wildman–Crippen MR) is 58.2 cm³/mol. The van der Waals surface area contributed by atoms with Crippen molar-refractivity contribution in [1.29, 1.82) is 0 Å². The summed E-state index contributed by atoms with van der Waals surface area (Å²) in [5, 5.41) is 13.1. The standard InChI is InChI=1S/C9H17N3O5/c1-6(13)17-5-7(14)9(16-3)8(15-2)4-11-12-10/h7-9,14H,4-5H2,1-3H3/t7?,8-,9-/m1/s1. The van der Waals surface area contributed by atoms with Gasteiger partial charge in [-0.05, 0) is 5.53 Å². The van der Waals surface area contributed by atoms with Crippen molar-refractivity contribution < 1.29 is 24.1 Å². The molecule has 0 aromatic heterocycles. The number of ether oxygens (including phenoxy) is 3. The third-order valence-electron chi connectivity index (χ3n) is 2.10. The van der Waals surface area contributed by atoms with Crippen molar-refractivity contribution in [2.75, 3.05) is 27.4 Å². The van der Waals surface area contributed by atoms with Crippen LogP contribution in [0.3, 0.4) is 0 Å². The lowest BCUT2D eigenvalue weighted by Crippen LogP contribution is -2.44. The minimum atomic E-state index is -1.05. The van der Waals surface area contributed by atoms with E-state index in [1.165, 1.54) is 21.1 Å². The summed E-state index contributed by atoms with van der Waals surface area (Å²) in [6, 6.07) is 0. The lowest BCUT2D eigenvalue weighted by atomic mass is 10.1. The van der Waals surface area contributed by atoms with E-state index in [9.17, 15) is 9.90 Å². The van der Waals surface area contributed by atoms with Crippen molar-refractivity contribution in [3.63, 3.8) is 0 Å². The van der Waals surface area contributed by atoms with E-state index in [-0.39, 0.29) is 13.2 Å². The largest absolute Gasteiger partial charge is 0.463 e. The van der Waals surface area contributed by atoms with E-state index >= 15 is 0 Å². The van der Waals surface area contributed by atoms with E-state index in [1.54, 1.807) is 0 Å². The molecule has 8 nitrogen and oxygen atoms in total. The summed E-state index contributed by atoms with van der Waals surface area (Å²) in [4.78, 5) is 13.2. The number of carbonyl (C=O) groups excluding carboxylic acids is 1. The van der Waals surface area contributed by atoms with E-state index in [0.29, 0.717) is 0 Å². The van der Waals surface area contributed by atoms with Gasteiger partial charge >= 0.3 is 5.97 Å². The Morgan fingerprint density at radius 3 is 2.53 bits per heavy atom. The Balaban J connectivity index is 4.43. The summed E-state index contributed by atoms with van der Waals surface area (Å²) in [5.74, 6) is -0.497. The van der Waals surface area contributed by atoms with Gasteiger partial charge in [-0.3, -0.25) is 4.79 Å². The number of aliphatic hydroxyl groups excluding tert-OH is 1. The summed E-state index contributed by atoms with van der Waals surface area (Å²) < 4.78 is 14.7. The Bertz CT molecular complexity index is 280. The highest BCUT2D eigenvalue weighted by Crippen LogP contribution is 2.09. The third kappa shape index (κ3) is 6.08. The van der Waals surface area contributed by atoms with Gasteiger partial charge in [-0.25, -0.2) is 0 Å². The second-order valence-electron chi connectivity index (χ2n) is 3.26. The van der Waals surface area contributed by atoms with Crippen LogP contribution in [0.25, 0.3) is 10.4 Å². The van der Waals surface area contributed by atoms with Crippen LogP contribution >= 0.6 is 0 Å².